The lowest BCUT2D eigenvalue weighted by Crippen LogP contribution is -2.15. The molecule has 0 spiro atoms. The number of rotatable bonds is 5. The van der Waals surface area contributed by atoms with Gasteiger partial charge in [-0.3, -0.25) is 4.98 Å². The molecule has 51 heavy (non-hydrogen) atoms. The van der Waals surface area contributed by atoms with Crippen LogP contribution in [0.3, 0.4) is 0 Å². The zero-order chi connectivity index (χ0) is 34.5. The van der Waals surface area contributed by atoms with Crippen LogP contribution in [0, 0.1) is 11.3 Å². The molecule has 0 amide bonds. The summed E-state index contributed by atoms with van der Waals surface area (Å²) in [5.41, 5.74) is 12.5. The van der Waals surface area contributed by atoms with E-state index in [0.29, 0.717) is 23.0 Å². The zero-order valence-corrected chi connectivity index (χ0v) is 28.2. The molecule has 9 rings (SSSR count). The molecule has 2 heterocycles. The van der Waals surface area contributed by atoms with Crippen molar-refractivity contribution in [1.29, 1.82) is 5.26 Å². The molecule has 0 saturated carbocycles. The Hall–Kier alpha value is -6.77. The minimum atomic E-state index is -0.248. The van der Waals surface area contributed by atoms with Crippen LogP contribution in [0.2, 0.25) is 0 Å². The molecule has 0 saturated heterocycles. The smallest absolute Gasteiger partial charge is 0.164 e. The van der Waals surface area contributed by atoms with Gasteiger partial charge in [0.2, 0.25) is 0 Å². The summed E-state index contributed by atoms with van der Waals surface area (Å²) < 4.78 is 0. The van der Waals surface area contributed by atoms with Crippen LogP contribution in [-0.4, -0.2) is 19.9 Å². The van der Waals surface area contributed by atoms with Crippen LogP contribution in [-0.2, 0) is 5.41 Å². The molecule has 2 aromatic heterocycles. The Morgan fingerprint density at radius 2 is 1.12 bits per heavy atom. The van der Waals surface area contributed by atoms with Crippen LogP contribution in [0.25, 0.3) is 78.3 Å². The van der Waals surface area contributed by atoms with Crippen LogP contribution in [0.15, 0.2) is 152 Å². The molecule has 8 aromatic rings. The van der Waals surface area contributed by atoms with Gasteiger partial charge in [0.1, 0.15) is 0 Å². The predicted octanol–water partition coefficient (Wildman–Crippen LogP) is 10.9. The van der Waals surface area contributed by atoms with E-state index >= 15 is 0 Å². The molecule has 0 fully saturated rings. The lowest BCUT2D eigenvalue weighted by atomic mass is 9.79. The number of hydrogen-bond donors (Lipinski definition) is 0. The number of nitriles is 1. The maximum absolute atomic E-state index is 9.53. The largest absolute Gasteiger partial charge is 0.264 e. The molecule has 5 heteroatoms. The highest BCUT2D eigenvalue weighted by Gasteiger charge is 2.37. The van der Waals surface area contributed by atoms with E-state index in [-0.39, 0.29) is 5.41 Å². The van der Waals surface area contributed by atoms with Crippen LogP contribution in [0.4, 0.5) is 0 Å². The monoisotopic (exact) mass is 653 g/mol. The maximum atomic E-state index is 9.53. The SMILES string of the molecule is CC1(C)c2cc(-c3cc(-c4cccnc4)cc(-c4nc(-c5ccccc5)nc(-c5ccccc5)n4)c3)ccc2-c2ccc3cc(C#N)ccc3c21. The van der Waals surface area contributed by atoms with Gasteiger partial charge >= 0.3 is 0 Å². The summed E-state index contributed by atoms with van der Waals surface area (Å²) in [7, 11) is 0. The lowest BCUT2D eigenvalue weighted by Gasteiger charge is -2.24. The van der Waals surface area contributed by atoms with Crippen molar-refractivity contribution >= 4 is 10.8 Å². The highest BCUT2D eigenvalue weighted by Crippen LogP contribution is 2.52. The number of hydrogen-bond acceptors (Lipinski definition) is 5. The fourth-order valence-electron chi connectivity index (χ4n) is 7.47. The van der Waals surface area contributed by atoms with Crippen molar-refractivity contribution in [3.05, 3.63) is 169 Å². The molecule has 0 atom stereocenters. The van der Waals surface area contributed by atoms with E-state index < -0.39 is 0 Å². The predicted molar refractivity (Wildman–Crippen MR) is 205 cm³/mol. The standard InChI is InChI=1S/C46H31N5/c1-46(2)41-26-32(16-19-39(41)40-20-17-33-22-29(27-47)15-18-38(33)42(40)46)35-23-36(34-14-9-21-48-28-34)25-37(24-35)45-50-43(30-10-5-3-6-11-30)49-44(51-45)31-12-7-4-8-13-31/h3-26,28H,1-2H3. The first kappa shape index (κ1) is 30.3. The summed E-state index contributed by atoms with van der Waals surface area (Å²) >= 11 is 0. The second kappa shape index (κ2) is 12.0. The van der Waals surface area contributed by atoms with E-state index in [9.17, 15) is 5.26 Å². The molecular weight excluding hydrogens is 623 g/mol. The summed E-state index contributed by atoms with van der Waals surface area (Å²) in [6, 6.07) is 50.2. The maximum Gasteiger partial charge on any atom is 0.164 e. The van der Waals surface area contributed by atoms with Gasteiger partial charge in [0.15, 0.2) is 17.5 Å². The Balaban J connectivity index is 1.22. The van der Waals surface area contributed by atoms with Crippen molar-refractivity contribution in [2.24, 2.45) is 0 Å². The summed E-state index contributed by atoms with van der Waals surface area (Å²) in [4.78, 5) is 19.5. The van der Waals surface area contributed by atoms with Gasteiger partial charge in [0.25, 0.3) is 0 Å². The van der Waals surface area contributed by atoms with E-state index in [1.165, 1.54) is 27.6 Å². The molecule has 1 aliphatic carbocycles. The lowest BCUT2D eigenvalue weighted by molar-refractivity contribution is 0.666. The molecule has 0 unspecified atom stereocenters. The van der Waals surface area contributed by atoms with Crippen LogP contribution in [0.1, 0.15) is 30.5 Å². The van der Waals surface area contributed by atoms with Gasteiger partial charge in [-0.1, -0.05) is 111 Å². The van der Waals surface area contributed by atoms with Gasteiger partial charge in [-0.15, -0.1) is 0 Å². The van der Waals surface area contributed by atoms with Crippen molar-refractivity contribution in [2.75, 3.05) is 0 Å². The van der Waals surface area contributed by atoms with Crippen molar-refractivity contribution in [2.45, 2.75) is 19.3 Å². The summed E-state index contributed by atoms with van der Waals surface area (Å²) in [5.74, 6) is 1.85. The van der Waals surface area contributed by atoms with Gasteiger partial charge in [-0.2, -0.15) is 5.26 Å². The van der Waals surface area contributed by atoms with E-state index in [4.69, 9.17) is 15.0 Å². The summed E-state index contributed by atoms with van der Waals surface area (Å²) in [6.45, 7) is 4.61. The number of pyridine rings is 1. The van der Waals surface area contributed by atoms with E-state index in [1.807, 2.05) is 85.1 Å². The minimum absolute atomic E-state index is 0.248. The van der Waals surface area contributed by atoms with Crippen molar-refractivity contribution < 1.29 is 0 Å². The molecule has 240 valence electrons. The first-order valence-corrected chi connectivity index (χ1v) is 17.0. The van der Waals surface area contributed by atoms with Crippen molar-refractivity contribution in [1.82, 2.24) is 19.9 Å². The molecule has 0 bridgehead atoms. The average Bonchev–Trinajstić information content (AvgIpc) is 3.43. The Morgan fingerprint density at radius 3 is 1.76 bits per heavy atom. The van der Waals surface area contributed by atoms with Gasteiger partial charge < -0.3 is 0 Å². The highest BCUT2D eigenvalue weighted by atomic mass is 15.0. The van der Waals surface area contributed by atoms with E-state index in [2.05, 4.69) is 85.6 Å². The third-order valence-electron chi connectivity index (χ3n) is 9.98. The van der Waals surface area contributed by atoms with Gasteiger partial charge in [-0.25, -0.2) is 15.0 Å². The molecular formula is C46H31N5. The summed E-state index contributed by atoms with van der Waals surface area (Å²) in [5, 5.41) is 11.8. The Morgan fingerprint density at radius 1 is 0.510 bits per heavy atom. The highest BCUT2D eigenvalue weighted by molar-refractivity contribution is 5.98. The molecule has 0 N–H and O–H groups in total. The first-order valence-electron chi connectivity index (χ1n) is 17.0. The number of benzene rings is 6. The quantitative estimate of drug-likeness (QED) is 0.185. The number of fused-ring (bicyclic) bond motifs is 5. The Kier molecular flexibility index (Phi) is 7.12. The fourth-order valence-corrected chi connectivity index (χ4v) is 7.47. The molecule has 0 aliphatic heterocycles. The molecule has 5 nitrogen and oxygen atoms in total. The molecule has 1 aliphatic rings. The van der Waals surface area contributed by atoms with Crippen molar-refractivity contribution in [3.8, 4) is 73.6 Å². The topological polar surface area (TPSA) is 75.3 Å². The number of aromatic nitrogens is 4. The summed E-state index contributed by atoms with van der Waals surface area (Å²) in [6.07, 6.45) is 3.69. The Labute approximate surface area is 296 Å². The second-order valence-electron chi connectivity index (χ2n) is 13.5. The zero-order valence-electron chi connectivity index (χ0n) is 28.2. The third kappa shape index (κ3) is 5.26. The Bertz CT molecular complexity index is 2600. The third-order valence-corrected chi connectivity index (χ3v) is 9.98. The van der Waals surface area contributed by atoms with Gasteiger partial charge in [0.05, 0.1) is 11.6 Å². The average molecular weight is 654 g/mol. The molecule has 6 aromatic carbocycles. The van der Waals surface area contributed by atoms with Gasteiger partial charge in [0, 0.05) is 40.1 Å². The van der Waals surface area contributed by atoms with E-state index in [0.717, 1.165) is 44.3 Å². The van der Waals surface area contributed by atoms with E-state index in [1.54, 1.807) is 6.20 Å². The minimum Gasteiger partial charge on any atom is -0.264 e. The fraction of sp³-hybridized carbons (Fsp3) is 0.0652. The number of nitrogens with zero attached hydrogens (tertiary/aromatic N) is 5. The second-order valence-corrected chi connectivity index (χ2v) is 13.5. The van der Waals surface area contributed by atoms with Gasteiger partial charge in [-0.05, 0) is 92.2 Å². The van der Waals surface area contributed by atoms with Crippen LogP contribution >= 0.6 is 0 Å². The first-order chi connectivity index (χ1) is 25.0. The van der Waals surface area contributed by atoms with Crippen LogP contribution in [0.5, 0.6) is 0 Å². The normalized spacial score (nSPS) is 12.6. The van der Waals surface area contributed by atoms with Crippen molar-refractivity contribution in [3.63, 3.8) is 0 Å². The molecule has 0 radical (unpaired) electrons. The van der Waals surface area contributed by atoms with Crippen LogP contribution < -0.4 is 0 Å².